The van der Waals surface area contributed by atoms with Crippen LogP contribution < -0.4 is 14.2 Å². The zero-order valence-corrected chi connectivity index (χ0v) is 20.2. The van der Waals surface area contributed by atoms with E-state index in [0.29, 0.717) is 27.8 Å². The highest BCUT2D eigenvalue weighted by atomic mass is 35.5. The number of aliphatic hydroxyl groups excluding tert-OH is 1. The van der Waals surface area contributed by atoms with Crippen LogP contribution in [0.3, 0.4) is 0 Å². The van der Waals surface area contributed by atoms with Crippen molar-refractivity contribution in [3.8, 4) is 17.2 Å². The maximum atomic E-state index is 13.3. The standard InChI is InChI=1S/C27H24ClNO6/c1-33-19-10-4-16(5-11-19)15-29-24(17-6-8-18(28)9-7-17)23(26(31)27(29)32)25(30)21-13-12-20(34-2)14-22(21)35-3/h4-14,24,30H,15H2,1-3H3/b25-23-. The lowest BCUT2D eigenvalue weighted by atomic mass is 9.95. The van der Waals surface area contributed by atoms with E-state index in [9.17, 15) is 14.7 Å². The normalized spacial score (nSPS) is 16.9. The molecule has 1 atom stereocenters. The first-order valence-corrected chi connectivity index (χ1v) is 11.1. The van der Waals surface area contributed by atoms with Crippen LogP contribution >= 0.6 is 11.6 Å². The maximum Gasteiger partial charge on any atom is 0.295 e. The molecule has 3 aromatic rings. The lowest BCUT2D eigenvalue weighted by Gasteiger charge is -2.25. The van der Waals surface area contributed by atoms with Crippen molar-refractivity contribution in [2.45, 2.75) is 12.6 Å². The molecule has 0 aromatic heterocycles. The molecule has 0 spiro atoms. The van der Waals surface area contributed by atoms with E-state index in [0.717, 1.165) is 5.56 Å². The number of hydrogen-bond acceptors (Lipinski definition) is 6. The van der Waals surface area contributed by atoms with Crippen LogP contribution in [0.5, 0.6) is 17.2 Å². The number of aliphatic hydroxyl groups is 1. The first-order valence-electron chi connectivity index (χ1n) is 10.8. The first-order chi connectivity index (χ1) is 16.9. The summed E-state index contributed by atoms with van der Waals surface area (Å²) in [4.78, 5) is 27.9. The molecule has 0 bridgehead atoms. The van der Waals surface area contributed by atoms with Gasteiger partial charge in [0.05, 0.1) is 38.5 Å². The zero-order chi connectivity index (χ0) is 25.1. The summed E-state index contributed by atoms with van der Waals surface area (Å²) in [6.07, 6.45) is 0. The number of ketones is 1. The number of carbonyl (C=O) groups is 2. The number of carbonyl (C=O) groups excluding carboxylic acids is 2. The molecule has 1 aliphatic heterocycles. The van der Waals surface area contributed by atoms with Crippen LogP contribution in [0.15, 0.2) is 72.3 Å². The van der Waals surface area contributed by atoms with Gasteiger partial charge in [-0.15, -0.1) is 0 Å². The fourth-order valence-electron chi connectivity index (χ4n) is 4.10. The van der Waals surface area contributed by atoms with E-state index in [1.807, 2.05) is 12.1 Å². The molecule has 4 rings (SSSR count). The van der Waals surface area contributed by atoms with Crippen molar-refractivity contribution >= 4 is 29.1 Å². The van der Waals surface area contributed by atoms with Gasteiger partial charge >= 0.3 is 0 Å². The molecule has 1 fully saturated rings. The topological polar surface area (TPSA) is 85.3 Å². The number of ether oxygens (including phenoxy) is 3. The number of methoxy groups -OCH3 is 3. The van der Waals surface area contributed by atoms with Crippen molar-refractivity contribution in [3.63, 3.8) is 0 Å². The highest BCUT2D eigenvalue weighted by Gasteiger charge is 2.46. The summed E-state index contributed by atoms with van der Waals surface area (Å²) in [5.41, 5.74) is 1.67. The highest BCUT2D eigenvalue weighted by Crippen LogP contribution is 2.42. The van der Waals surface area contributed by atoms with Crippen LogP contribution in [-0.4, -0.2) is 43.0 Å². The quantitative estimate of drug-likeness (QED) is 0.283. The number of rotatable bonds is 7. The Bertz CT molecular complexity index is 1280. The third kappa shape index (κ3) is 4.68. The Labute approximate surface area is 208 Å². The lowest BCUT2D eigenvalue weighted by Crippen LogP contribution is -2.29. The molecule has 180 valence electrons. The summed E-state index contributed by atoms with van der Waals surface area (Å²) in [5, 5.41) is 11.9. The van der Waals surface area contributed by atoms with Gasteiger partial charge in [-0.25, -0.2) is 0 Å². The summed E-state index contributed by atoms with van der Waals surface area (Å²) in [7, 11) is 4.53. The minimum absolute atomic E-state index is 0.0331. The van der Waals surface area contributed by atoms with E-state index in [-0.39, 0.29) is 23.4 Å². The van der Waals surface area contributed by atoms with Crippen molar-refractivity contribution in [1.29, 1.82) is 0 Å². The number of nitrogens with zero attached hydrogens (tertiary/aromatic N) is 1. The molecular formula is C27H24ClNO6. The molecule has 1 heterocycles. The maximum absolute atomic E-state index is 13.3. The van der Waals surface area contributed by atoms with Gasteiger partial charge in [0.25, 0.3) is 11.7 Å². The van der Waals surface area contributed by atoms with Gasteiger partial charge in [-0.3, -0.25) is 9.59 Å². The van der Waals surface area contributed by atoms with Gasteiger partial charge in [0.15, 0.2) is 0 Å². The largest absolute Gasteiger partial charge is 0.507 e. The molecule has 1 N–H and O–H groups in total. The Kier molecular flexibility index (Phi) is 6.98. The molecule has 1 amide bonds. The predicted molar refractivity (Wildman–Crippen MR) is 132 cm³/mol. The van der Waals surface area contributed by atoms with Crippen molar-refractivity contribution in [2.24, 2.45) is 0 Å². The van der Waals surface area contributed by atoms with Crippen LogP contribution in [0.2, 0.25) is 5.02 Å². The Hall–Kier alpha value is -3.97. The van der Waals surface area contributed by atoms with E-state index in [1.165, 1.54) is 19.1 Å². The number of halogens is 1. The predicted octanol–water partition coefficient (Wildman–Crippen LogP) is 4.99. The van der Waals surface area contributed by atoms with Crippen molar-refractivity contribution in [1.82, 2.24) is 4.90 Å². The Morgan fingerprint density at radius 1 is 0.886 bits per heavy atom. The second-order valence-corrected chi connectivity index (χ2v) is 8.33. The summed E-state index contributed by atoms with van der Waals surface area (Å²) >= 11 is 6.08. The van der Waals surface area contributed by atoms with Crippen LogP contribution in [0, 0.1) is 0 Å². The van der Waals surface area contributed by atoms with Crippen molar-refractivity contribution in [2.75, 3.05) is 21.3 Å². The molecule has 0 aliphatic carbocycles. The van der Waals surface area contributed by atoms with Crippen LogP contribution in [0.25, 0.3) is 5.76 Å². The van der Waals surface area contributed by atoms with Crippen LogP contribution in [-0.2, 0) is 16.1 Å². The van der Waals surface area contributed by atoms with E-state index >= 15 is 0 Å². The molecule has 0 radical (unpaired) electrons. The smallest absolute Gasteiger partial charge is 0.295 e. The van der Waals surface area contributed by atoms with E-state index in [2.05, 4.69) is 0 Å². The van der Waals surface area contributed by atoms with Gasteiger partial charge in [0, 0.05) is 17.6 Å². The molecule has 1 unspecified atom stereocenters. The fourth-order valence-corrected chi connectivity index (χ4v) is 4.23. The SMILES string of the molecule is COc1ccc(CN2C(=O)C(=O)/C(=C(\O)c3ccc(OC)cc3OC)C2c2ccc(Cl)cc2)cc1. The monoisotopic (exact) mass is 493 g/mol. The number of benzene rings is 3. The molecule has 8 heteroatoms. The molecule has 35 heavy (non-hydrogen) atoms. The molecule has 1 saturated heterocycles. The zero-order valence-electron chi connectivity index (χ0n) is 19.4. The van der Waals surface area contributed by atoms with E-state index in [4.69, 9.17) is 25.8 Å². The average molecular weight is 494 g/mol. The van der Waals surface area contributed by atoms with Gasteiger partial charge in [-0.2, -0.15) is 0 Å². The molecule has 1 aliphatic rings. The summed E-state index contributed by atoms with van der Waals surface area (Å²) in [5.74, 6) is -0.328. The molecular weight excluding hydrogens is 470 g/mol. The average Bonchev–Trinajstić information content (AvgIpc) is 3.13. The van der Waals surface area contributed by atoms with Gasteiger partial charge in [-0.05, 0) is 47.5 Å². The number of Topliss-reactive ketones (excluding diaryl/α,β-unsaturated/α-hetero) is 1. The summed E-state index contributed by atoms with van der Waals surface area (Å²) in [6.45, 7) is 0.151. The van der Waals surface area contributed by atoms with Gasteiger partial charge in [0.1, 0.15) is 23.0 Å². The molecule has 0 saturated carbocycles. The minimum atomic E-state index is -0.832. The summed E-state index contributed by atoms with van der Waals surface area (Å²) in [6, 6.07) is 18.0. The van der Waals surface area contributed by atoms with Gasteiger partial charge in [-0.1, -0.05) is 35.9 Å². The van der Waals surface area contributed by atoms with E-state index in [1.54, 1.807) is 61.7 Å². The minimum Gasteiger partial charge on any atom is -0.507 e. The van der Waals surface area contributed by atoms with Crippen LogP contribution in [0.4, 0.5) is 0 Å². The number of hydrogen-bond donors (Lipinski definition) is 1. The second-order valence-electron chi connectivity index (χ2n) is 7.89. The van der Waals surface area contributed by atoms with Crippen molar-refractivity contribution < 1.29 is 28.9 Å². The number of likely N-dealkylation sites (tertiary alicyclic amines) is 1. The second kappa shape index (κ2) is 10.1. The third-order valence-electron chi connectivity index (χ3n) is 5.90. The highest BCUT2D eigenvalue weighted by molar-refractivity contribution is 6.46. The fraction of sp³-hybridized carbons (Fsp3) is 0.185. The van der Waals surface area contributed by atoms with E-state index < -0.39 is 17.7 Å². The first kappa shape index (κ1) is 24.2. The van der Waals surface area contributed by atoms with Crippen molar-refractivity contribution in [3.05, 3.63) is 94.0 Å². The van der Waals surface area contributed by atoms with Gasteiger partial charge in [0.2, 0.25) is 0 Å². The molecule has 7 nitrogen and oxygen atoms in total. The van der Waals surface area contributed by atoms with Gasteiger partial charge < -0.3 is 24.2 Å². The van der Waals surface area contributed by atoms with Crippen LogP contribution in [0.1, 0.15) is 22.7 Å². The Morgan fingerprint density at radius 2 is 1.51 bits per heavy atom. The lowest BCUT2D eigenvalue weighted by molar-refractivity contribution is -0.140. The third-order valence-corrected chi connectivity index (χ3v) is 6.15. The summed E-state index contributed by atoms with van der Waals surface area (Å²) < 4.78 is 15.9. The number of amides is 1. The molecule has 3 aromatic carbocycles. The Morgan fingerprint density at radius 3 is 2.11 bits per heavy atom. The Balaban J connectivity index is 1.85.